The van der Waals surface area contributed by atoms with E-state index < -0.39 is 0 Å². The molecular formula is C28H44N4O2. The third kappa shape index (κ3) is 6.19. The van der Waals surface area contributed by atoms with Crippen LogP contribution in [0.3, 0.4) is 0 Å². The van der Waals surface area contributed by atoms with E-state index in [0.29, 0.717) is 5.92 Å². The molecule has 2 heterocycles. The molecule has 6 heteroatoms. The lowest BCUT2D eigenvalue weighted by atomic mass is 9.83. The topological polar surface area (TPSA) is 64.7 Å². The van der Waals surface area contributed by atoms with E-state index in [9.17, 15) is 9.59 Å². The van der Waals surface area contributed by atoms with Crippen LogP contribution in [-0.2, 0) is 16.0 Å². The number of benzene rings is 1. The molecule has 1 aromatic carbocycles. The van der Waals surface area contributed by atoms with E-state index in [1.54, 1.807) is 7.05 Å². The number of likely N-dealkylation sites (tertiary alicyclic amines) is 2. The number of amides is 2. The van der Waals surface area contributed by atoms with Crippen molar-refractivity contribution in [2.24, 2.45) is 11.8 Å². The molecule has 2 amide bonds. The molecule has 3 fully saturated rings. The standard InChI is InChI=1S/C28H44N4O2/c1-21(29-2)27(33)30-26(24-12-7-4-8-13-24)28(34)32-19-16-23-14-9-17-31(20-25(23)32)18-15-22-10-5-3-6-11-22/h3,5-6,10-11,21,23-26,29H,4,7-9,12-20H2,1-2H3,(H,30,33)/t21-,23?,25?,26?/m0/s1. The van der Waals surface area contributed by atoms with Crippen molar-refractivity contribution >= 4 is 11.8 Å². The monoisotopic (exact) mass is 468 g/mol. The normalized spacial score (nSPS) is 25.9. The number of rotatable bonds is 8. The maximum absolute atomic E-state index is 14.0. The lowest BCUT2D eigenvalue weighted by Gasteiger charge is -2.37. The maximum atomic E-state index is 14.0. The summed E-state index contributed by atoms with van der Waals surface area (Å²) in [6.45, 7) is 5.81. The van der Waals surface area contributed by atoms with Gasteiger partial charge in [-0.1, -0.05) is 49.6 Å². The van der Waals surface area contributed by atoms with Gasteiger partial charge in [-0.05, 0) is 76.4 Å². The fraction of sp³-hybridized carbons (Fsp3) is 0.714. The molecular weight excluding hydrogens is 424 g/mol. The van der Waals surface area contributed by atoms with Crippen LogP contribution in [0.15, 0.2) is 30.3 Å². The lowest BCUT2D eigenvalue weighted by Crippen LogP contribution is -2.57. The number of likely N-dealkylation sites (N-methyl/N-ethyl adjacent to an activating group) is 1. The van der Waals surface area contributed by atoms with Crippen LogP contribution in [-0.4, -0.2) is 73.0 Å². The Morgan fingerprint density at radius 2 is 1.76 bits per heavy atom. The number of hydrogen-bond donors (Lipinski definition) is 2. The first-order valence-electron chi connectivity index (χ1n) is 13.6. The quantitative estimate of drug-likeness (QED) is 0.615. The van der Waals surface area contributed by atoms with Crippen LogP contribution in [0.5, 0.6) is 0 Å². The van der Waals surface area contributed by atoms with E-state index in [4.69, 9.17) is 0 Å². The Kier molecular flexibility index (Phi) is 9.01. The number of nitrogens with zero attached hydrogens (tertiary/aromatic N) is 2. The van der Waals surface area contributed by atoms with Crippen molar-refractivity contribution in [3.8, 4) is 0 Å². The van der Waals surface area contributed by atoms with E-state index in [2.05, 4.69) is 50.8 Å². The van der Waals surface area contributed by atoms with Crippen molar-refractivity contribution in [1.82, 2.24) is 20.4 Å². The van der Waals surface area contributed by atoms with Gasteiger partial charge < -0.3 is 20.4 Å². The molecule has 4 rings (SSSR count). The highest BCUT2D eigenvalue weighted by molar-refractivity contribution is 5.90. The summed E-state index contributed by atoms with van der Waals surface area (Å²) < 4.78 is 0. The van der Waals surface area contributed by atoms with Gasteiger partial charge in [-0.25, -0.2) is 0 Å². The molecule has 0 radical (unpaired) electrons. The number of nitrogens with one attached hydrogen (secondary N) is 2. The van der Waals surface area contributed by atoms with Gasteiger partial charge >= 0.3 is 0 Å². The SMILES string of the molecule is CN[C@@H](C)C(=O)NC(C(=O)N1CCC2CCCN(CCc3ccccc3)CC21)C1CCCCC1. The second-order valence-electron chi connectivity index (χ2n) is 10.7. The number of carbonyl (C=O) groups excluding carboxylic acids is 2. The first kappa shape index (κ1) is 25.2. The first-order valence-corrected chi connectivity index (χ1v) is 13.6. The maximum Gasteiger partial charge on any atom is 0.245 e. The van der Waals surface area contributed by atoms with E-state index in [0.717, 1.165) is 64.7 Å². The average molecular weight is 469 g/mol. The molecule has 0 bridgehead atoms. The Bertz CT molecular complexity index is 795. The van der Waals surface area contributed by atoms with Crippen LogP contribution in [0.25, 0.3) is 0 Å². The van der Waals surface area contributed by atoms with Crippen molar-refractivity contribution in [2.75, 3.05) is 33.2 Å². The van der Waals surface area contributed by atoms with Gasteiger partial charge in [-0.15, -0.1) is 0 Å². The molecule has 34 heavy (non-hydrogen) atoms. The second kappa shape index (κ2) is 12.2. The fourth-order valence-corrected chi connectivity index (χ4v) is 6.28. The van der Waals surface area contributed by atoms with Gasteiger partial charge in [0.05, 0.1) is 6.04 Å². The third-order valence-electron chi connectivity index (χ3n) is 8.53. The number of carbonyl (C=O) groups is 2. The second-order valence-corrected chi connectivity index (χ2v) is 10.7. The minimum atomic E-state index is -0.386. The zero-order chi connectivity index (χ0) is 23.9. The number of hydrogen-bond acceptors (Lipinski definition) is 4. The number of fused-ring (bicyclic) bond motifs is 1. The molecule has 1 saturated carbocycles. The van der Waals surface area contributed by atoms with Gasteiger partial charge in [0.1, 0.15) is 6.04 Å². The summed E-state index contributed by atoms with van der Waals surface area (Å²) in [5.41, 5.74) is 1.38. The Morgan fingerprint density at radius 1 is 1.00 bits per heavy atom. The summed E-state index contributed by atoms with van der Waals surface area (Å²) in [7, 11) is 1.79. The van der Waals surface area contributed by atoms with Crippen LogP contribution < -0.4 is 10.6 Å². The Labute approximate surface area is 205 Å². The van der Waals surface area contributed by atoms with Crippen molar-refractivity contribution in [3.63, 3.8) is 0 Å². The minimum absolute atomic E-state index is 0.0625. The molecule has 6 nitrogen and oxygen atoms in total. The zero-order valence-electron chi connectivity index (χ0n) is 21.2. The molecule has 2 saturated heterocycles. The van der Waals surface area contributed by atoms with Crippen molar-refractivity contribution in [2.45, 2.75) is 82.8 Å². The average Bonchev–Trinajstić information content (AvgIpc) is 3.16. The minimum Gasteiger partial charge on any atom is -0.343 e. The van der Waals surface area contributed by atoms with E-state index in [1.807, 2.05) is 6.92 Å². The molecule has 4 atom stereocenters. The van der Waals surface area contributed by atoms with Crippen LogP contribution in [0.4, 0.5) is 0 Å². The van der Waals surface area contributed by atoms with Gasteiger partial charge in [0.15, 0.2) is 0 Å². The fourth-order valence-electron chi connectivity index (χ4n) is 6.28. The van der Waals surface area contributed by atoms with Gasteiger partial charge in [0.2, 0.25) is 11.8 Å². The molecule has 3 aliphatic rings. The van der Waals surface area contributed by atoms with Crippen molar-refractivity contribution in [1.29, 1.82) is 0 Å². The summed E-state index contributed by atoms with van der Waals surface area (Å²) >= 11 is 0. The summed E-state index contributed by atoms with van der Waals surface area (Å²) in [6, 6.07) is 10.3. The molecule has 2 aliphatic heterocycles. The van der Waals surface area contributed by atoms with E-state index >= 15 is 0 Å². The highest BCUT2D eigenvalue weighted by Crippen LogP contribution is 2.34. The molecule has 3 unspecified atom stereocenters. The highest BCUT2D eigenvalue weighted by Gasteiger charge is 2.43. The Morgan fingerprint density at radius 3 is 2.50 bits per heavy atom. The van der Waals surface area contributed by atoms with Crippen LogP contribution >= 0.6 is 0 Å². The molecule has 0 spiro atoms. The molecule has 188 valence electrons. The Balaban J connectivity index is 1.45. The van der Waals surface area contributed by atoms with Gasteiger partial charge in [0.25, 0.3) is 0 Å². The molecule has 1 aliphatic carbocycles. The predicted molar refractivity (Wildman–Crippen MR) is 136 cm³/mol. The van der Waals surface area contributed by atoms with E-state index in [-0.39, 0.29) is 35.9 Å². The van der Waals surface area contributed by atoms with Crippen LogP contribution in [0, 0.1) is 11.8 Å². The van der Waals surface area contributed by atoms with Gasteiger partial charge in [-0.2, -0.15) is 0 Å². The lowest BCUT2D eigenvalue weighted by molar-refractivity contribution is -0.140. The van der Waals surface area contributed by atoms with E-state index in [1.165, 1.54) is 24.8 Å². The summed E-state index contributed by atoms with van der Waals surface area (Å²) in [6.07, 6.45) is 10.2. The highest BCUT2D eigenvalue weighted by atomic mass is 16.2. The summed E-state index contributed by atoms with van der Waals surface area (Å²) in [5, 5.41) is 6.20. The molecule has 1 aromatic rings. The molecule has 0 aromatic heterocycles. The zero-order valence-corrected chi connectivity index (χ0v) is 21.2. The molecule has 2 N–H and O–H groups in total. The predicted octanol–water partition coefficient (Wildman–Crippen LogP) is 3.22. The van der Waals surface area contributed by atoms with Crippen molar-refractivity contribution in [3.05, 3.63) is 35.9 Å². The van der Waals surface area contributed by atoms with Gasteiger partial charge in [0, 0.05) is 25.7 Å². The first-order chi connectivity index (χ1) is 16.6. The largest absolute Gasteiger partial charge is 0.343 e. The van der Waals surface area contributed by atoms with Crippen LogP contribution in [0.2, 0.25) is 0 Å². The summed E-state index contributed by atoms with van der Waals surface area (Å²) in [5.74, 6) is 0.950. The third-order valence-corrected chi connectivity index (χ3v) is 8.53. The summed E-state index contributed by atoms with van der Waals surface area (Å²) in [4.78, 5) is 31.6. The van der Waals surface area contributed by atoms with Crippen LogP contribution in [0.1, 0.15) is 63.9 Å². The van der Waals surface area contributed by atoms with Crippen molar-refractivity contribution < 1.29 is 9.59 Å². The van der Waals surface area contributed by atoms with Gasteiger partial charge in [-0.3, -0.25) is 9.59 Å². The Hall–Kier alpha value is -1.92. The smallest absolute Gasteiger partial charge is 0.245 e.